The van der Waals surface area contributed by atoms with Crippen LogP contribution in [0.2, 0.25) is 0 Å². The lowest BCUT2D eigenvalue weighted by Crippen LogP contribution is -2.21. The van der Waals surface area contributed by atoms with Gasteiger partial charge in [-0.15, -0.1) is 0 Å². The van der Waals surface area contributed by atoms with Crippen molar-refractivity contribution in [2.75, 3.05) is 6.54 Å². The Bertz CT molecular complexity index is 732. The first kappa shape index (κ1) is 26.1. The standard InChI is InChI=1S/C21H33NO7S/c1-2-3-4-5-6-8-12-21(24)29-22-17-10-7-9-11-20(23)28-18-13-15-19(16-14-18)30(25,26)27/h13-16,22H,2-12,17H2,1H3,(H,25,26,27). The van der Waals surface area contributed by atoms with Crippen molar-refractivity contribution in [3.05, 3.63) is 24.3 Å². The van der Waals surface area contributed by atoms with Gasteiger partial charge in [-0.05, 0) is 43.5 Å². The molecule has 1 aromatic carbocycles. The number of carbonyl (C=O) groups is 2. The third-order valence-electron chi connectivity index (χ3n) is 4.43. The Kier molecular flexibility index (Phi) is 13.0. The molecule has 170 valence electrons. The molecule has 0 atom stereocenters. The second-order valence-corrected chi connectivity index (χ2v) is 8.54. The van der Waals surface area contributed by atoms with E-state index >= 15 is 0 Å². The van der Waals surface area contributed by atoms with Gasteiger partial charge in [0, 0.05) is 19.4 Å². The van der Waals surface area contributed by atoms with Crippen LogP contribution in [0.25, 0.3) is 0 Å². The molecule has 1 rings (SSSR count). The summed E-state index contributed by atoms with van der Waals surface area (Å²) in [5.41, 5.74) is 2.66. The molecule has 0 saturated carbocycles. The van der Waals surface area contributed by atoms with Crippen LogP contribution in [0, 0.1) is 0 Å². The van der Waals surface area contributed by atoms with Crippen LogP contribution in [0.3, 0.4) is 0 Å². The zero-order valence-corrected chi connectivity index (χ0v) is 18.4. The second-order valence-electron chi connectivity index (χ2n) is 7.12. The van der Waals surface area contributed by atoms with Gasteiger partial charge in [0.05, 0.1) is 4.90 Å². The van der Waals surface area contributed by atoms with E-state index < -0.39 is 16.1 Å². The quantitative estimate of drug-likeness (QED) is 0.128. The highest BCUT2D eigenvalue weighted by molar-refractivity contribution is 7.85. The molecule has 0 aliphatic carbocycles. The average molecular weight is 444 g/mol. The monoisotopic (exact) mass is 443 g/mol. The van der Waals surface area contributed by atoms with Gasteiger partial charge >= 0.3 is 11.9 Å². The number of hydrogen-bond acceptors (Lipinski definition) is 7. The van der Waals surface area contributed by atoms with Gasteiger partial charge in [0.25, 0.3) is 10.1 Å². The van der Waals surface area contributed by atoms with Gasteiger partial charge in [-0.1, -0.05) is 45.4 Å². The minimum atomic E-state index is -4.27. The van der Waals surface area contributed by atoms with Crippen LogP contribution in [0.4, 0.5) is 0 Å². The summed E-state index contributed by atoms with van der Waals surface area (Å²) in [5.74, 6) is -0.451. The number of carbonyl (C=O) groups excluding carboxylic acids is 2. The maximum atomic E-state index is 11.8. The van der Waals surface area contributed by atoms with Crippen molar-refractivity contribution in [2.24, 2.45) is 0 Å². The number of ether oxygens (including phenoxy) is 1. The van der Waals surface area contributed by atoms with Crippen molar-refractivity contribution in [3.63, 3.8) is 0 Å². The average Bonchev–Trinajstić information content (AvgIpc) is 2.69. The van der Waals surface area contributed by atoms with Gasteiger partial charge in [0.1, 0.15) is 5.75 Å². The van der Waals surface area contributed by atoms with Crippen molar-refractivity contribution in [1.29, 1.82) is 0 Å². The van der Waals surface area contributed by atoms with Crippen LogP contribution < -0.4 is 10.2 Å². The van der Waals surface area contributed by atoms with Crippen LogP contribution >= 0.6 is 0 Å². The molecule has 9 heteroatoms. The molecule has 1 aromatic rings. The van der Waals surface area contributed by atoms with Crippen LogP contribution in [0.5, 0.6) is 5.75 Å². The summed E-state index contributed by atoms with van der Waals surface area (Å²) < 4.78 is 35.9. The molecular weight excluding hydrogens is 410 g/mol. The zero-order chi connectivity index (χ0) is 22.2. The van der Waals surface area contributed by atoms with Crippen LogP contribution in [0.15, 0.2) is 29.2 Å². The topological polar surface area (TPSA) is 119 Å². The van der Waals surface area contributed by atoms with Gasteiger partial charge < -0.3 is 9.57 Å². The molecular formula is C21H33NO7S. The molecule has 0 amide bonds. The summed E-state index contributed by atoms with van der Waals surface area (Å²) in [6, 6.07) is 4.95. The Balaban J connectivity index is 2.02. The molecule has 2 N–H and O–H groups in total. The Labute approximate surface area is 179 Å². The summed E-state index contributed by atoms with van der Waals surface area (Å²) in [6.07, 6.45) is 9.52. The first-order valence-electron chi connectivity index (χ1n) is 10.5. The van der Waals surface area contributed by atoms with Gasteiger partial charge in [-0.2, -0.15) is 13.9 Å². The van der Waals surface area contributed by atoms with Crippen LogP contribution in [0.1, 0.15) is 77.6 Å². The molecule has 0 radical (unpaired) electrons. The van der Waals surface area contributed by atoms with E-state index in [2.05, 4.69) is 12.4 Å². The molecule has 0 aliphatic heterocycles. The van der Waals surface area contributed by atoms with Crippen LogP contribution in [-0.2, 0) is 24.5 Å². The molecule has 0 spiro atoms. The summed E-state index contributed by atoms with van der Waals surface area (Å²) in [4.78, 5) is 28.1. The minimum Gasteiger partial charge on any atom is -0.427 e. The van der Waals surface area contributed by atoms with E-state index in [1.54, 1.807) is 0 Å². The molecule has 8 nitrogen and oxygen atoms in total. The van der Waals surface area contributed by atoms with E-state index in [1.165, 1.54) is 31.4 Å². The lowest BCUT2D eigenvalue weighted by atomic mass is 10.1. The normalized spacial score (nSPS) is 11.3. The molecule has 0 saturated heterocycles. The molecule has 0 aromatic heterocycles. The fourth-order valence-corrected chi connectivity index (χ4v) is 3.22. The predicted octanol–water partition coefficient (Wildman–Crippen LogP) is 4.20. The van der Waals surface area contributed by atoms with E-state index in [-0.39, 0.29) is 23.0 Å². The number of hydroxylamine groups is 1. The number of benzene rings is 1. The third-order valence-corrected chi connectivity index (χ3v) is 5.30. The lowest BCUT2D eigenvalue weighted by molar-refractivity contribution is -0.151. The third kappa shape index (κ3) is 12.6. The number of esters is 1. The minimum absolute atomic E-state index is 0.214. The van der Waals surface area contributed by atoms with Gasteiger partial charge in [-0.3, -0.25) is 14.1 Å². The molecule has 30 heavy (non-hydrogen) atoms. The van der Waals surface area contributed by atoms with E-state index in [0.717, 1.165) is 44.2 Å². The first-order valence-corrected chi connectivity index (χ1v) is 12.0. The van der Waals surface area contributed by atoms with Gasteiger partial charge in [0.15, 0.2) is 0 Å². The van der Waals surface area contributed by atoms with Crippen molar-refractivity contribution in [3.8, 4) is 5.75 Å². The Morgan fingerprint density at radius 3 is 2.07 bits per heavy atom. The highest BCUT2D eigenvalue weighted by atomic mass is 32.2. The largest absolute Gasteiger partial charge is 0.427 e. The van der Waals surface area contributed by atoms with Crippen molar-refractivity contribution in [1.82, 2.24) is 5.48 Å². The molecule has 0 heterocycles. The summed E-state index contributed by atoms with van der Waals surface area (Å²) >= 11 is 0. The Hall–Kier alpha value is -1.97. The Morgan fingerprint density at radius 2 is 1.43 bits per heavy atom. The lowest BCUT2D eigenvalue weighted by Gasteiger charge is -2.06. The second kappa shape index (κ2) is 14.9. The molecule has 0 aliphatic rings. The summed E-state index contributed by atoms with van der Waals surface area (Å²) in [6.45, 7) is 2.69. The fourth-order valence-electron chi connectivity index (χ4n) is 2.74. The predicted molar refractivity (Wildman–Crippen MR) is 112 cm³/mol. The Morgan fingerprint density at radius 1 is 0.867 bits per heavy atom. The molecule has 0 bridgehead atoms. The fraction of sp³-hybridized carbons (Fsp3) is 0.619. The number of rotatable bonds is 16. The summed E-state index contributed by atoms with van der Waals surface area (Å²) in [7, 11) is -4.27. The van der Waals surface area contributed by atoms with Crippen molar-refractivity contribution in [2.45, 2.75) is 82.4 Å². The molecule has 0 fully saturated rings. The van der Waals surface area contributed by atoms with Gasteiger partial charge in [0.2, 0.25) is 0 Å². The van der Waals surface area contributed by atoms with E-state index in [4.69, 9.17) is 14.1 Å². The highest BCUT2D eigenvalue weighted by Gasteiger charge is 2.10. The smallest absolute Gasteiger partial charge is 0.324 e. The van der Waals surface area contributed by atoms with Crippen molar-refractivity contribution < 1.29 is 32.1 Å². The van der Waals surface area contributed by atoms with E-state index in [0.29, 0.717) is 19.4 Å². The van der Waals surface area contributed by atoms with Gasteiger partial charge in [-0.25, -0.2) is 0 Å². The zero-order valence-electron chi connectivity index (χ0n) is 17.6. The van der Waals surface area contributed by atoms with Crippen molar-refractivity contribution >= 4 is 22.1 Å². The number of hydrogen-bond donors (Lipinski definition) is 2. The molecule has 0 unspecified atom stereocenters. The number of unbranched alkanes of at least 4 members (excludes halogenated alkanes) is 7. The number of nitrogens with one attached hydrogen (secondary N) is 1. The SMILES string of the molecule is CCCCCCCCC(=O)ONCCCCCC(=O)Oc1ccc(S(=O)(=O)O)cc1. The maximum absolute atomic E-state index is 11.8. The van der Waals surface area contributed by atoms with E-state index in [9.17, 15) is 18.0 Å². The summed E-state index contributed by atoms with van der Waals surface area (Å²) in [5, 5.41) is 0. The van der Waals surface area contributed by atoms with Crippen LogP contribution in [-0.4, -0.2) is 31.5 Å². The first-order chi connectivity index (χ1) is 14.3. The maximum Gasteiger partial charge on any atom is 0.324 e. The highest BCUT2D eigenvalue weighted by Crippen LogP contribution is 2.16. The van der Waals surface area contributed by atoms with E-state index in [1.807, 2.05) is 0 Å².